The summed E-state index contributed by atoms with van der Waals surface area (Å²) in [7, 11) is 0. The molecule has 7 heteroatoms. The summed E-state index contributed by atoms with van der Waals surface area (Å²) in [4.78, 5) is 16.3. The molecular weight excluding hydrogens is 276 g/mol. The smallest absolute Gasteiger partial charge is 0.360 e. The molecule has 2 heterocycles. The molecule has 20 heavy (non-hydrogen) atoms. The molecule has 0 aliphatic heterocycles. The van der Waals surface area contributed by atoms with Gasteiger partial charge >= 0.3 is 5.97 Å². The number of hydrogen-bond donors (Lipinski definition) is 0. The van der Waals surface area contributed by atoms with Gasteiger partial charge in [0, 0.05) is 5.38 Å². The molecule has 0 bridgehead atoms. The number of ether oxygens (including phenoxy) is 1. The Morgan fingerprint density at radius 3 is 2.85 bits per heavy atom. The zero-order valence-corrected chi connectivity index (χ0v) is 12.7. The van der Waals surface area contributed by atoms with Crippen LogP contribution in [0, 0.1) is 6.92 Å². The first-order valence-corrected chi connectivity index (χ1v) is 7.54. The van der Waals surface area contributed by atoms with E-state index in [1.807, 2.05) is 12.3 Å². The number of hydrogen-bond acceptors (Lipinski definition) is 6. The topological polar surface area (TPSA) is 69.9 Å². The van der Waals surface area contributed by atoms with Crippen LogP contribution in [0.5, 0.6) is 0 Å². The lowest BCUT2D eigenvalue weighted by molar-refractivity contribution is 0.0518. The third-order valence-electron chi connectivity index (χ3n) is 2.77. The molecule has 2 aromatic rings. The maximum atomic E-state index is 11.9. The van der Waals surface area contributed by atoms with E-state index in [0.717, 1.165) is 29.2 Å². The van der Waals surface area contributed by atoms with Crippen molar-refractivity contribution in [3.8, 4) is 0 Å². The first-order valence-electron chi connectivity index (χ1n) is 6.66. The molecule has 0 aliphatic rings. The molecule has 0 fully saturated rings. The van der Waals surface area contributed by atoms with Gasteiger partial charge in [-0.3, -0.25) is 0 Å². The molecule has 6 nitrogen and oxygen atoms in total. The predicted octanol–water partition coefficient (Wildman–Crippen LogP) is 2.22. The average Bonchev–Trinajstić information content (AvgIpc) is 2.99. The van der Waals surface area contributed by atoms with Crippen LogP contribution in [-0.4, -0.2) is 32.6 Å². The number of carbonyl (C=O) groups is 1. The van der Waals surface area contributed by atoms with Crippen molar-refractivity contribution in [1.82, 2.24) is 20.0 Å². The quantitative estimate of drug-likeness (QED) is 0.764. The van der Waals surface area contributed by atoms with E-state index in [1.54, 1.807) is 22.9 Å². The molecule has 2 aromatic heterocycles. The number of esters is 1. The van der Waals surface area contributed by atoms with Crippen molar-refractivity contribution in [2.45, 2.75) is 40.2 Å². The van der Waals surface area contributed by atoms with E-state index < -0.39 is 5.97 Å². The van der Waals surface area contributed by atoms with Gasteiger partial charge < -0.3 is 4.74 Å². The van der Waals surface area contributed by atoms with Crippen LogP contribution in [0.25, 0.3) is 0 Å². The van der Waals surface area contributed by atoms with Gasteiger partial charge in [-0.25, -0.2) is 14.5 Å². The third kappa shape index (κ3) is 3.22. The molecule has 0 N–H and O–H groups in total. The third-order valence-corrected chi connectivity index (χ3v) is 3.59. The summed E-state index contributed by atoms with van der Waals surface area (Å²) in [5.41, 5.74) is 2.07. The fourth-order valence-electron chi connectivity index (χ4n) is 1.94. The van der Waals surface area contributed by atoms with Crippen LogP contribution in [0.3, 0.4) is 0 Å². The second-order valence-electron chi connectivity index (χ2n) is 4.37. The molecule has 0 saturated carbocycles. The standard InChI is InChI=1S/C13H18N4O2S/c1-4-6-11-12(13(18)19-5-2)15-16-17(11)7-10-8-20-9(3)14-10/h8H,4-7H2,1-3H3. The first kappa shape index (κ1) is 14.6. The number of aryl methyl sites for hydroxylation is 1. The van der Waals surface area contributed by atoms with E-state index in [2.05, 4.69) is 22.2 Å². The van der Waals surface area contributed by atoms with Crippen LogP contribution < -0.4 is 0 Å². The van der Waals surface area contributed by atoms with E-state index in [0.29, 0.717) is 18.8 Å². The number of thiazole rings is 1. The Kier molecular flexibility index (Phi) is 4.84. The van der Waals surface area contributed by atoms with Crippen molar-refractivity contribution in [3.63, 3.8) is 0 Å². The highest BCUT2D eigenvalue weighted by Crippen LogP contribution is 2.14. The molecule has 108 valence electrons. The van der Waals surface area contributed by atoms with Crippen molar-refractivity contribution in [1.29, 1.82) is 0 Å². The second-order valence-corrected chi connectivity index (χ2v) is 5.43. The first-order chi connectivity index (χ1) is 9.65. The van der Waals surface area contributed by atoms with E-state index in [4.69, 9.17) is 4.74 Å². The van der Waals surface area contributed by atoms with Gasteiger partial charge in [0.1, 0.15) is 0 Å². The van der Waals surface area contributed by atoms with Crippen LogP contribution in [0.2, 0.25) is 0 Å². The van der Waals surface area contributed by atoms with E-state index in [-0.39, 0.29) is 0 Å². The van der Waals surface area contributed by atoms with E-state index >= 15 is 0 Å². The molecule has 0 spiro atoms. The molecule has 0 saturated heterocycles. The minimum atomic E-state index is -0.406. The molecule has 0 aromatic carbocycles. The van der Waals surface area contributed by atoms with Crippen LogP contribution >= 0.6 is 11.3 Å². The number of carbonyl (C=O) groups excluding carboxylic acids is 1. The Bertz CT molecular complexity index is 591. The lowest BCUT2D eigenvalue weighted by Gasteiger charge is -2.05. The number of aromatic nitrogens is 4. The Morgan fingerprint density at radius 1 is 1.45 bits per heavy atom. The summed E-state index contributed by atoms with van der Waals surface area (Å²) in [6.07, 6.45) is 1.65. The summed E-state index contributed by atoms with van der Waals surface area (Å²) in [6.45, 7) is 6.67. The highest BCUT2D eigenvalue weighted by molar-refractivity contribution is 7.09. The molecular formula is C13H18N4O2S. The predicted molar refractivity (Wildman–Crippen MR) is 75.9 cm³/mol. The van der Waals surface area contributed by atoms with Crippen molar-refractivity contribution >= 4 is 17.3 Å². The fourth-order valence-corrected chi connectivity index (χ4v) is 2.54. The number of nitrogens with zero attached hydrogens (tertiary/aromatic N) is 4. The van der Waals surface area contributed by atoms with Gasteiger partial charge in [0.15, 0.2) is 5.69 Å². The van der Waals surface area contributed by atoms with Crippen LogP contribution in [0.4, 0.5) is 0 Å². The summed E-state index contributed by atoms with van der Waals surface area (Å²) >= 11 is 1.60. The summed E-state index contributed by atoms with van der Waals surface area (Å²) in [6, 6.07) is 0. The van der Waals surface area contributed by atoms with Crippen LogP contribution in [0.1, 0.15) is 47.2 Å². The highest BCUT2D eigenvalue weighted by atomic mass is 32.1. The van der Waals surface area contributed by atoms with Crippen molar-refractivity contribution < 1.29 is 9.53 Å². The van der Waals surface area contributed by atoms with Gasteiger partial charge in [0.25, 0.3) is 0 Å². The molecule has 0 amide bonds. The Morgan fingerprint density at radius 2 is 2.25 bits per heavy atom. The maximum absolute atomic E-state index is 11.9. The molecule has 0 aliphatic carbocycles. The van der Waals surface area contributed by atoms with Crippen LogP contribution in [-0.2, 0) is 17.7 Å². The Balaban J connectivity index is 2.26. The Hall–Kier alpha value is -1.76. The zero-order chi connectivity index (χ0) is 14.5. The Labute approximate surface area is 121 Å². The summed E-state index contributed by atoms with van der Waals surface area (Å²) in [5, 5.41) is 11.1. The van der Waals surface area contributed by atoms with Gasteiger partial charge in [0.2, 0.25) is 0 Å². The SMILES string of the molecule is CCCc1c(C(=O)OCC)nnn1Cc1csc(C)n1. The second kappa shape index (κ2) is 6.60. The fraction of sp³-hybridized carbons (Fsp3) is 0.538. The number of rotatable bonds is 6. The highest BCUT2D eigenvalue weighted by Gasteiger charge is 2.20. The minimum Gasteiger partial charge on any atom is -0.461 e. The van der Waals surface area contributed by atoms with Crippen molar-refractivity contribution in [2.24, 2.45) is 0 Å². The lowest BCUT2D eigenvalue weighted by atomic mass is 10.2. The van der Waals surface area contributed by atoms with E-state index in [9.17, 15) is 4.79 Å². The van der Waals surface area contributed by atoms with Gasteiger partial charge in [0.05, 0.1) is 29.5 Å². The van der Waals surface area contributed by atoms with Crippen molar-refractivity contribution in [3.05, 3.63) is 27.5 Å². The van der Waals surface area contributed by atoms with E-state index in [1.165, 1.54) is 0 Å². The maximum Gasteiger partial charge on any atom is 0.360 e. The average molecular weight is 294 g/mol. The van der Waals surface area contributed by atoms with Crippen molar-refractivity contribution in [2.75, 3.05) is 6.61 Å². The molecule has 2 rings (SSSR count). The van der Waals surface area contributed by atoms with Gasteiger partial charge in [-0.05, 0) is 20.3 Å². The van der Waals surface area contributed by atoms with Gasteiger partial charge in [-0.1, -0.05) is 18.6 Å². The summed E-state index contributed by atoms with van der Waals surface area (Å²) < 4.78 is 6.75. The molecule has 0 atom stereocenters. The van der Waals surface area contributed by atoms with Crippen LogP contribution in [0.15, 0.2) is 5.38 Å². The zero-order valence-electron chi connectivity index (χ0n) is 11.9. The molecule has 0 radical (unpaired) electrons. The monoisotopic (exact) mass is 294 g/mol. The molecule has 0 unspecified atom stereocenters. The normalized spacial score (nSPS) is 10.8. The summed E-state index contributed by atoms with van der Waals surface area (Å²) in [5.74, 6) is -0.406. The van der Waals surface area contributed by atoms with Gasteiger partial charge in [-0.2, -0.15) is 0 Å². The largest absolute Gasteiger partial charge is 0.461 e. The lowest BCUT2D eigenvalue weighted by Crippen LogP contribution is -2.11. The van der Waals surface area contributed by atoms with Gasteiger partial charge in [-0.15, -0.1) is 16.4 Å². The minimum absolute atomic E-state index is 0.320.